The van der Waals surface area contributed by atoms with Crippen LogP contribution in [0.3, 0.4) is 0 Å². The summed E-state index contributed by atoms with van der Waals surface area (Å²) in [6.45, 7) is 13.7. The van der Waals surface area contributed by atoms with E-state index in [1.165, 1.54) is 0 Å². The Bertz CT molecular complexity index is 292. The molecule has 132 valence electrons. The van der Waals surface area contributed by atoms with Gasteiger partial charge in [0.1, 0.15) is 0 Å². The molecule has 0 bridgehead atoms. The van der Waals surface area contributed by atoms with Crippen LogP contribution in [0, 0.1) is 5.92 Å². The van der Waals surface area contributed by atoms with E-state index in [9.17, 15) is 0 Å². The van der Waals surface area contributed by atoms with Crippen molar-refractivity contribution in [3.8, 4) is 0 Å². The van der Waals surface area contributed by atoms with Crippen LogP contribution in [-0.4, -0.2) is 49.2 Å². The molecule has 1 rings (SSSR count). The minimum atomic E-state index is -2.34. The molecule has 1 heterocycles. The number of rotatable bonds is 8. The summed E-state index contributed by atoms with van der Waals surface area (Å²) in [5.41, 5.74) is 0. The molecular formula is C13H34O5Si4. The van der Waals surface area contributed by atoms with Gasteiger partial charge < -0.3 is 21.2 Å². The van der Waals surface area contributed by atoms with Crippen LogP contribution in [0.1, 0.15) is 41.5 Å². The van der Waals surface area contributed by atoms with Gasteiger partial charge in [0.2, 0.25) is 0 Å². The third-order valence-electron chi connectivity index (χ3n) is 3.61. The molecule has 0 amide bonds. The van der Waals surface area contributed by atoms with E-state index in [1.54, 1.807) is 0 Å². The molecule has 1 aliphatic rings. The summed E-state index contributed by atoms with van der Waals surface area (Å²) in [5, 5.41) is 0. The Hall–Kier alpha value is 0.668. The molecule has 1 aliphatic heterocycles. The largest absolute Gasteiger partial charge is 0.420 e. The second kappa shape index (κ2) is 10.5. The molecule has 0 N–H and O–H groups in total. The van der Waals surface area contributed by atoms with Crippen molar-refractivity contribution < 1.29 is 21.2 Å². The first-order valence-corrected chi connectivity index (χ1v) is 16.2. The van der Waals surface area contributed by atoms with Gasteiger partial charge in [0, 0.05) is 6.61 Å². The van der Waals surface area contributed by atoms with E-state index in [0.717, 1.165) is 30.8 Å². The van der Waals surface area contributed by atoms with Crippen LogP contribution in [0.25, 0.3) is 0 Å². The Labute approximate surface area is 142 Å². The van der Waals surface area contributed by atoms with Crippen molar-refractivity contribution in [3.63, 3.8) is 0 Å². The third kappa shape index (κ3) is 6.65. The zero-order valence-corrected chi connectivity index (χ0v) is 19.6. The Kier molecular flexibility index (Phi) is 9.90. The number of hydrogen-bond acceptors (Lipinski definition) is 5. The van der Waals surface area contributed by atoms with Crippen molar-refractivity contribution in [2.45, 2.75) is 65.7 Å². The van der Waals surface area contributed by atoms with Crippen LogP contribution in [0.5, 0.6) is 0 Å². The first kappa shape index (κ1) is 20.7. The SMILES string of the molecule is CC[SiH]1O[SiH](CC)O[Si](CC)(COCC(C)C)O[SiH](CC)O1. The fraction of sp³-hybridized carbons (Fsp3) is 1.00. The van der Waals surface area contributed by atoms with Crippen molar-refractivity contribution in [1.82, 2.24) is 0 Å². The van der Waals surface area contributed by atoms with Crippen LogP contribution in [0.2, 0.25) is 24.2 Å². The van der Waals surface area contributed by atoms with Crippen LogP contribution >= 0.6 is 0 Å². The molecule has 1 saturated heterocycles. The smallest absolute Gasteiger partial charge is 0.346 e. The molecule has 1 fully saturated rings. The van der Waals surface area contributed by atoms with Gasteiger partial charge in [-0.25, -0.2) is 0 Å². The molecule has 0 radical (unpaired) electrons. The summed E-state index contributed by atoms with van der Waals surface area (Å²) in [5.74, 6) is 0.527. The summed E-state index contributed by atoms with van der Waals surface area (Å²) in [6, 6.07) is 3.83. The molecule has 0 aromatic carbocycles. The first-order valence-electron chi connectivity index (χ1n) is 8.72. The zero-order valence-electron chi connectivity index (χ0n) is 15.1. The van der Waals surface area contributed by atoms with E-state index < -0.39 is 36.4 Å². The maximum Gasteiger partial charge on any atom is 0.346 e. The van der Waals surface area contributed by atoms with Gasteiger partial charge in [-0.2, -0.15) is 0 Å². The highest BCUT2D eigenvalue weighted by Gasteiger charge is 2.44. The average molecular weight is 383 g/mol. The minimum absolute atomic E-state index is 0.527. The number of ether oxygens (including phenoxy) is 1. The molecule has 0 aromatic rings. The van der Waals surface area contributed by atoms with E-state index in [2.05, 4.69) is 41.5 Å². The summed E-state index contributed by atoms with van der Waals surface area (Å²) < 4.78 is 31.5. The van der Waals surface area contributed by atoms with E-state index in [0.29, 0.717) is 12.1 Å². The molecule has 5 nitrogen and oxygen atoms in total. The topological polar surface area (TPSA) is 46.2 Å². The van der Waals surface area contributed by atoms with Gasteiger partial charge in [0.25, 0.3) is 0 Å². The standard InChI is InChI=1S/C13H34O5Si4/c1-7-19-15-20(8-2)17-22(10-4,12-14-11-13(5)6)18-21(9-3)16-19/h13,19-21H,7-12H2,1-6H3. The maximum atomic E-state index is 6.52. The first-order chi connectivity index (χ1) is 10.5. The molecule has 9 heteroatoms. The van der Waals surface area contributed by atoms with Crippen LogP contribution in [0.4, 0.5) is 0 Å². The van der Waals surface area contributed by atoms with Gasteiger partial charge in [0.05, 0.1) is 6.23 Å². The number of hydrogen-bond donors (Lipinski definition) is 0. The van der Waals surface area contributed by atoms with Gasteiger partial charge in [-0.05, 0) is 30.1 Å². The Morgan fingerprint density at radius 2 is 1.36 bits per heavy atom. The molecule has 2 atom stereocenters. The molecule has 0 aliphatic carbocycles. The predicted octanol–water partition coefficient (Wildman–Crippen LogP) is 2.46. The molecule has 22 heavy (non-hydrogen) atoms. The summed E-state index contributed by atoms with van der Waals surface area (Å²) in [7, 11) is -7.31. The lowest BCUT2D eigenvalue weighted by Gasteiger charge is -2.40. The van der Waals surface area contributed by atoms with Crippen molar-refractivity contribution >= 4 is 36.4 Å². The minimum Gasteiger partial charge on any atom is -0.420 e. The maximum absolute atomic E-state index is 6.52. The molecular weight excluding hydrogens is 348 g/mol. The summed E-state index contributed by atoms with van der Waals surface area (Å²) in [4.78, 5) is 0. The van der Waals surface area contributed by atoms with Crippen LogP contribution < -0.4 is 0 Å². The van der Waals surface area contributed by atoms with Crippen molar-refractivity contribution in [3.05, 3.63) is 0 Å². The average Bonchev–Trinajstić information content (AvgIpc) is 2.49. The summed E-state index contributed by atoms with van der Waals surface area (Å²) in [6.07, 6.45) is 0.611. The molecule has 0 spiro atoms. The van der Waals surface area contributed by atoms with Crippen LogP contribution in [-0.2, 0) is 21.2 Å². The van der Waals surface area contributed by atoms with E-state index in [4.69, 9.17) is 21.2 Å². The fourth-order valence-corrected chi connectivity index (χ4v) is 18.7. The fourth-order valence-electron chi connectivity index (χ4n) is 2.27. The predicted molar refractivity (Wildman–Crippen MR) is 99.1 cm³/mol. The van der Waals surface area contributed by atoms with Crippen molar-refractivity contribution in [1.29, 1.82) is 0 Å². The Balaban J connectivity index is 2.82. The van der Waals surface area contributed by atoms with Gasteiger partial charge >= 0.3 is 36.4 Å². The quantitative estimate of drug-likeness (QED) is 0.603. The van der Waals surface area contributed by atoms with Crippen molar-refractivity contribution in [2.75, 3.05) is 12.8 Å². The normalized spacial score (nSPS) is 33.7. The second-order valence-electron chi connectivity index (χ2n) is 6.19. The molecule has 2 unspecified atom stereocenters. The highest BCUT2D eigenvalue weighted by atomic mass is 28.5. The lowest BCUT2D eigenvalue weighted by molar-refractivity contribution is 0.118. The molecule has 0 aromatic heterocycles. The Morgan fingerprint density at radius 1 is 0.864 bits per heavy atom. The highest BCUT2D eigenvalue weighted by molar-refractivity contribution is 6.82. The summed E-state index contributed by atoms with van der Waals surface area (Å²) >= 11 is 0. The van der Waals surface area contributed by atoms with E-state index in [1.807, 2.05) is 0 Å². The zero-order chi connectivity index (χ0) is 16.6. The van der Waals surface area contributed by atoms with Gasteiger partial charge in [-0.3, -0.25) is 0 Å². The Morgan fingerprint density at radius 3 is 1.73 bits per heavy atom. The monoisotopic (exact) mass is 382 g/mol. The molecule has 0 saturated carbocycles. The van der Waals surface area contributed by atoms with Crippen molar-refractivity contribution in [2.24, 2.45) is 5.92 Å². The van der Waals surface area contributed by atoms with Gasteiger partial charge in [0.15, 0.2) is 0 Å². The third-order valence-corrected chi connectivity index (χ3v) is 17.7. The van der Waals surface area contributed by atoms with E-state index >= 15 is 0 Å². The van der Waals surface area contributed by atoms with Gasteiger partial charge in [-0.1, -0.05) is 41.5 Å². The lowest BCUT2D eigenvalue weighted by atomic mass is 10.2. The van der Waals surface area contributed by atoms with Crippen LogP contribution in [0.15, 0.2) is 0 Å². The highest BCUT2D eigenvalue weighted by Crippen LogP contribution is 2.24. The van der Waals surface area contributed by atoms with Gasteiger partial charge in [-0.15, -0.1) is 0 Å². The second-order valence-corrected chi connectivity index (χ2v) is 18.1. The lowest BCUT2D eigenvalue weighted by Crippen LogP contribution is -2.58. The van der Waals surface area contributed by atoms with E-state index in [-0.39, 0.29) is 0 Å².